The normalized spacial score (nSPS) is 14.4. The van der Waals surface area contributed by atoms with E-state index in [-0.39, 0.29) is 0 Å². The van der Waals surface area contributed by atoms with E-state index >= 15 is 0 Å². The molecule has 1 N–H and O–H groups in total. The Balaban J connectivity index is 2.21. The number of halogens is 1. The van der Waals surface area contributed by atoms with Crippen LogP contribution < -0.4 is 5.32 Å². The molecule has 1 aliphatic rings. The second-order valence-corrected chi connectivity index (χ2v) is 6.05. The first-order valence-corrected chi connectivity index (χ1v) is 8.13. The lowest BCUT2D eigenvalue weighted by Gasteiger charge is -2.21. The Bertz CT molecular complexity index is 607. The highest BCUT2D eigenvalue weighted by Gasteiger charge is 2.17. The Labute approximate surface area is 122 Å². The van der Waals surface area contributed by atoms with Gasteiger partial charge in [0, 0.05) is 28.6 Å². The summed E-state index contributed by atoms with van der Waals surface area (Å²) >= 11 is 3.50. The molecule has 19 heavy (non-hydrogen) atoms. The van der Waals surface area contributed by atoms with E-state index in [0.29, 0.717) is 0 Å². The number of pyridine rings is 1. The number of nitrogens with one attached hydrogen (secondary N) is 1. The summed E-state index contributed by atoms with van der Waals surface area (Å²) in [6, 6.07) is 6.56. The van der Waals surface area contributed by atoms with Gasteiger partial charge in [0.05, 0.1) is 5.52 Å². The molecule has 3 heteroatoms. The van der Waals surface area contributed by atoms with Crippen LogP contribution in [0.5, 0.6) is 0 Å². The summed E-state index contributed by atoms with van der Waals surface area (Å²) in [6.45, 7) is 3.10. The number of alkyl halides is 1. The number of aromatic nitrogens is 1. The zero-order valence-electron chi connectivity index (χ0n) is 11.3. The first kappa shape index (κ1) is 12.9. The van der Waals surface area contributed by atoms with Gasteiger partial charge in [-0.15, -0.1) is 0 Å². The SMILES string of the molecule is Cc1ccc2nc3c(c(NCCBr)c2c1)CCCC3. The van der Waals surface area contributed by atoms with Gasteiger partial charge in [-0.1, -0.05) is 27.6 Å². The van der Waals surface area contributed by atoms with Crippen molar-refractivity contribution in [3.63, 3.8) is 0 Å². The molecule has 0 fully saturated rings. The van der Waals surface area contributed by atoms with Gasteiger partial charge in [0.15, 0.2) is 0 Å². The minimum Gasteiger partial charge on any atom is -0.383 e. The fraction of sp³-hybridized carbons (Fsp3) is 0.438. The van der Waals surface area contributed by atoms with E-state index < -0.39 is 0 Å². The number of benzene rings is 1. The average Bonchev–Trinajstić information content (AvgIpc) is 2.44. The predicted octanol–water partition coefficient (Wildman–Crippen LogP) is 4.23. The molecule has 0 atom stereocenters. The molecular formula is C16H19BrN2. The third-order valence-electron chi connectivity index (χ3n) is 3.81. The van der Waals surface area contributed by atoms with E-state index in [1.54, 1.807) is 0 Å². The second-order valence-electron chi connectivity index (χ2n) is 5.26. The fourth-order valence-electron chi connectivity index (χ4n) is 2.91. The predicted molar refractivity (Wildman–Crippen MR) is 85.4 cm³/mol. The van der Waals surface area contributed by atoms with Crippen LogP contribution in [0.4, 0.5) is 5.69 Å². The zero-order chi connectivity index (χ0) is 13.2. The van der Waals surface area contributed by atoms with E-state index in [0.717, 1.165) is 30.2 Å². The molecule has 2 aromatic rings. The van der Waals surface area contributed by atoms with Gasteiger partial charge in [-0.3, -0.25) is 4.98 Å². The first-order chi connectivity index (χ1) is 9.29. The van der Waals surface area contributed by atoms with Crippen LogP contribution in [0.15, 0.2) is 18.2 Å². The van der Waals surface area contributed by atoms with Crippen LogP contribution in [-0.2, 0) is 12.8 Å². The largest absolute Gasteiger partial charge is 0.383 e. The molecule has 0 radical (unpaired) electrons. The quantitative estimate of drug-likeness (QED) is 0.857. The Morgan fingerprint density at radius 1 is 1.26 bits per heavy atom. The van der Waals surface area contributed by atoms with Crippen molar-refractivity contribution in [2.45, 2.75) is 32.6 Å². The van der Waals surface area contributed by atoms with Crippen molar-refractivity contribution < 1.29 is 0 Å². The molecule has 0 spiro atoms. The molecule has 1 aliphatic carbocycles. The lowest BCUT2D eigenvalue weighted by atomic mass is 9.92. The molecule has 1 aromatic heterocycles. The summed E-state index contributed by atoms with van der Waals surface area (Å²) in [4.78, 5) is 4.87. The van der Waals surface area contributed by atoms with Crippen molar-refractivity contribution in [1.82, 2.24) is 4.98 Å². The third kappa shape index (κ3) is 2.48. The maximum absolute atomic E-state index is 4.87. The summed E-state index contributed by atoms with van der Waals surface area (Å²) in [6.07, 6.45) is 4.85. The zero-order valence-corrected chi connectivity index (χ0v) is 12.9. The first-order valence-electron chi connectivity index (χ1n) is 7.01. The molecule has 0 amide bonds. The monoisotopic (exact) mass is 318 g/mol. The Morgan fingerprint density at radius 2 is 2.11 bits per heavy atom. The lowest BCUT2D eigenvalue weighted by Crippen LogP contribution is -2.12. The van der Waals surface area contributed by atoms with Gasteiger partial charge >= 0.3 is 0 Å². The van der Waals surface area contributed by atoms with E-state index in [9.17, 15) is 0 Å². The van der Waals surface area contributed by atoms with Gasteiger partial charge in [0.25, 0.3) is 0 Å². The second kappa shape index (κ2) is 5.49. The van der Waals surface area contributed by atoms with Crippen LogP contribution in [0.25, 0.3) is 10.9 Å². The highest BCUT2D eigenvalue weighted by atomic mass is 79.9. The Kier molecular flexibility index (Phi) is 3.74. The van der Waals surface area contributed by atoms with Gasteiger partial charge in [-0.25, -0.2) is 0 Å². The topological polar surface area (TPSA) is 24.9 Å². The van der Waals surface area contributed by atoms with Crippen LogP contribution in [-0.4, -0.2) is 16.9 Å². The van der Waals surface area contributed by atoms with Crippen molar-refractivity contribution in [3.05, 3.63) is 35.0 Å². The molecule has 0 saturated carbocycles. The number of hydrogen-bond donors (Lipinski definition) is 1. The minimum absolute atomic E-state index is 0.958. The van der Waals surface area contributed by atoms with Gasteiger partial charge < -0.3 is 5.32 Å². The molecule has 1 aromatic carbocycles. The van der Waals surface area contributed by atoms with Crippen molar-refractivity contribution in [2.75, 3.05) is 17.2 Å². The van der Waals surface area contributed by atoms with E-state index in [1.165, 1.54) is 40.7 Å². The third-order valence-corrected chi connectivity index (χ3v) is 4.21. The number of aryl methyl sites for hydroxylation is 2. The maximum atomic E-state index is 4.87. The molecule has 2 nitrogen and oxygen atoms in total. The van der Waals surface area contributed by atoms with E-state index in [4.69, 9.17) is 4.98 Å². The van der Waals surface area contributed by atoms with Crippen LogP contribution >= 0.6 is 15.9 Å². The number of rotatable bonds is 3. The number of hydrogen-bond acceptors (Lipinski definition) is 2. The van der Waals surface area contributed by atoms with E-state index in [1.807, 2.05) is 0 Å². The maximum Gasteiger partial charge on any atom is 0.0726 e. The number of anilines is 1. The highest BCUT2D eigenvalue weighted by molar-refractivity contribution is 9.09. The van der Waals surface area contributed by atoms with Gasteiger partial charge in [0.2, 0.25) is 0 Å². The highest BCUT2D eigenvalue weighted by Crippen LogP contribution is 2.33. The molecule has 3 rings (SSSR count). The molecule has 0 unspecified atom stereocenters. The lowest BCUT2D eigenvalue weighted by molar-refractivity contribution is 0.672. The van der Waals surface area contributed by atoms with Crippen molar-refractivity contribution in [1.29, 1.82) is 0 Å². The summed E-state index contributed by atoms with van der Waals surface area (Å²) < 4.78 is 0. The Morgan fingerprint density at radius 3 is 2.95 bits per heavy atom. The van der Waals surface area contributed by atoms with Crippen molar-refractivity contribution in [3.8, 4) is 0 Å². The average molecular weight is 319 g/mol. The van der Waals surface area contributed by atoms with Crippen molar-refractivity contribution in [2.24, 2.45) is 0 Å². The number of fused-ring (bicyclic) bond motifs is 2. The molecule has 0 saturated heterocycles. The summed E-state index contributed by atoms with van der Waals surface area (Å²) in [7, 11) is 0. The summed E-state index contributed by atoms with van der Waals surface area (Å²) in [5.74, 6) is 0. The van der Waals surface area contributed by atoms with Crippen LogP contribution in [0.3, 0.4) is 0 Å². The van der Waals surface area contributed by atoms with Crippen LogP contribution in [0.2, 0.25) is 0 Å². The molecule has 0 bridgehead atoms. The van der Waals surface area contributed by atoms with Gasteiger partial charge in [-0.2, -0.15) is 0 Å². The van der Waals surface area contributed by atoms with Gasteiger partial charge in [-0.05, 0) is 50.3 Å². The van der Waals surface area contributed by atoms with E-state index in [2.05, 4.69) is 46.4 Å². The fourth-order valence-corrected chi connectivity index (χ4v) is 3.11. The number of nitrogens with zero attached hydrogens (tertiary/aromatic N) is 1. The molecular weight excluding hydrogens is 300 g/mol. The molecule has 1 heterocycles. The van der Waals surface area contributed by atoms with Crippen LogP contribution in [0, 0.1) is 6.92 Å². The van der Waals surface area contributed by atoms with Gasteiger partial charge in [0.1, 0.15) is 0 Å². The summed E-state index contributed by atoms with van der Waals surface area (Å²) in [5.41, 5.74) is 6.50. The standard InChI is InChI=1S/C16H19BrN2/c1-11-6-7-15-13(10-11)16(18-9-8-17)12-4-2-3-5-14(12)19-15/h6-7,10H,2-5,8-9H2,1H3,(H,18,19). The summed E-state index contributed by atoms with van der Waals surface area (Å²) in [5, 5.41) is 5.85. The van der Waals surface area contributed by atoms with Crippen molar-refractivity contribution >= 4 is 32.5 Å². The smallest absolute Gasteiger partial charge is 0.0726 e. The minimum atomic E-state index is 0.958. The van der Waals surface area contributed by atoms with Crippen LogP contribution in [0.1, 0.15) is 29.7 Å². The Hall–Kier alpha value is -1.09. The molecule has 100 valence electrons. The molecule has 0 aliphatic heterocycles.